The van der Waals surface area contributed by atoms with E-state index in [0.717, 1.165) is 13.1 Å². The Morgan fingerprint density at radius 3 is 2.32 bits per heavy atom. The number of benzene rings is 1. The summed E-state index contributed by atoms with van der Waals surface area (Å²) in [6, 6.07) is 5.82. The van der Waals surface area contributed by atoms with Crippen molar-refractivity contribution in [3.05, 3.63) is 39.9 Å². The summed E-state index contributed by atoms with van der Waals surface area (Å²) in [6.07, 6.45) is 1.17. The van der Waals surface area contributed by atoms with Crippen molar-refractivity contribution in [3.63, 3.8) is 0 Å². The number of nitro groups is 1. The van der Waals surface area contributed by atoms with E-state index in [2.05, 4.69) is 18.7 Å². The molecule has 0 saturated carbocycles. The highest BCUT2D eigenvalue weighted by Gasteiger charge is 2.28. The number of piperidine rings is 1. The molecule has 28 heavy (non-hydrogen) atoms. The smallest absolute Gasteiger partial charge is 0.270 e. The number of carbonyl (C=O) groups is 2. The van der Waals surface area contributed by atoms with E-state index in [1.54, 1.807) is 11.0 Å². The third-order valence-corrected chi connectivity index (χ3v) is 5.54. The zero-order valence-electron chi connectivity index (χ0n) is 16.5. The summed E-state index contributed by atoms with van der Waals surface area (Å²) in [5.74, 6) is 1.04. The van der Waals surface area contributed by atoms with Crippen LogP contribution in [0.1, 0.15) is 30.6 Å². The Balaban J connectivity index is 1.51. The fraction of sp³-hybridized carbons (Fsp3) is 0.600. The predicted molar refractivity (Wildman–Crippen MR) is 105 cm³/mol. The molecule has 0 radical (unpaired) electrons. The van der Waals surface area contributed by atoms with Crippen molar-refractivity contribution in [3.8, 4) is 0 Å². The second kappa shape index (κ2) is 8.68. The van der Waals surface area contributed by atoms with Gasteiger partial charge in [-0.15, -0.1) is 0 Å². The molecule has 2 heterocycles. The van der Waals surface area contributed by atoms with Gasteiger partial charge in [-0.25, -0.2) is 0 Å². The van der Waals surface area contributed by atoms with Gasteiger partial charge in [-0.05, 0) is 24.3 Å². The van der Waals surface area contributed by atoms with Crippen LogP contribution in [-0.2, 0) is 4.79 Å². The van der Waals surface area contributed by atoms with Crippen LogP contribution in [0.5, 0.6) is 0 Å². The lowest BCUT2D eigenvalue weighted by Crippen LogP contribution is -2.53. The average molecular weight is 388 g/mol. The third-order valence-electron chi connectivity index (χ3n) is 5.54. The van der Waals surface area contributed by atoms with E-state index < -0.39 is 4.92 Å². The summed E-state index contributed by atoms with van der Waals surface area (Å²) in [7, 11) is 0. The van der Waals surface area contributed by atoms with Gasteiger partial charge in [0.15, 0.2) is 0 Å². The van der Waals surface area contributed by atoms with Crippen molar-refractivity contribution >= 4 is 17.5 Å². The van der Waals surface area contributed by atoms with E-state index in [0.29, 0.717) is 50.1 Å². The second-order valence-corrected chi connectivity index (χ2v) is 8.12. The quantitative estimate of drug-likeness (QED) is 0.580. The van der Waals surface area contributed by atoms with Gasteiger partial charge in [0.25, 0.3) is 11.6 Å². The van der Waals surface area contributed by atoms with Gasteiger partial charge in [0.05, 0.1) is 11.5 Å². The number of hydrogen-bond acceptors (Lipinski definition) is 5. The average Bonchev–Trinajstić information content (AvgIpc) is 2.67. The molecule has 0 aromatic heterocycles. The Morgan fingerprint density at radius 2 is 1.71 bits per heavy atom. The first-order valence-corrected chi connectivity index (χ1v) is 9.87. The van der Waals surface area contributed by atoms with Gasteiger partial charge in [0.1, 0.15) is 0 Å². The molecule has 3 rings (SSSR count). The lowest BCUT2D eigenvalue weighted by Gasteiger charge is -2.38. The van der Waals surface area contributed by atoms with Crippen LogP contribution in [0.25, 0.3) is 0 Å². The monoisotopic (exact) mass is 388 g/mol. The first kappa shape index (κ1) is 20.3. The standard InChI is InChI=1S/C20H28N4O4/c1-15-10-16(2)13-23(12-15)19(25)14-21-6-8-22(9-7-21)20(26)17-4-3-5-18(11-17)24(27)28/h3-5,11,15-16H,6-10,12-14H2,1-2H3. The van der Waals surface area contributed by atoms with Crippen LogP contribution >= 0.6 is 0 Å². The van der Waals surface area contributed by atoms with E-state index in [9.17, 15) is 19.7 Å². The van der Waals surface area contributed by atoms with Crippen LogP contribution < -0.4 is 0 Å². The topological polar surface area (TPSA) is 87.0 Å². The number of likely N-dealkylation sites (tertiary alicyclic amines) is 1. The zero-order valence-corrected chi connectivity index (χ0v) is 16.5. The zero-order chi connectivity index (χ0) is 20.3. The number of non-ortho nitro benzene ring substituents is 1. The Bertz CT molecular complexity index is 735. The van der Waals surface area contributed by atoms with Gasteiger partial charge in [0, 0.05) is 57.0 Å². The van der Waals surface area contributed by atoms with Crippen LogP contribution in [0.3, 0.4) is 0 Å². The third kappa shape index (κ3) is 4.86. The van der Waals surface area contributed by atoms with Gasteiger partial charge in [-0.2, -0.15) is 0 Å². The molecule has 2 atom stereocenters. The molecule has 2 fully saturated rings. The molecule has 2 amide bonds. The number of nitrogens with zero attached hydrogens (tertiary/aromatic N) is 4. The first-order chi connectivity index (χ1) is 13.3. The largest absolute Gasteiger partial charge is 0.341 e. The fourth-order valence-electron chi connectivity index (χ4n) is 4.20. The summed E-state index contributed by atoms with van der Waals surface area (Å²) < 4.78 is 0. The number of hydrogen-bond donors (Lipinski definition) is 0. The molecule has 0 spiro atoms. The summed E-state index contributed by atoms with van der Waals surface area (Å²) >= 11 is 0. The number of carbonyl (C=O) groups excluding carboxylic acids is 2. The van der Waals surface area contributed by atoms with Gasteiger partial charge in [-0.3, -0.25) is 24.6 Å². The lowest BCUT2D eigenvalue weighted by molar-refractivity contribution is -0.384. The molecule has 8 nitrogen and oxygen atoms in total. The molecule has 2 unspecified atom stereocenters. The minimum atomic E-state index is -0.497. The molecule has 152 valence electrons. The highest BCUT2D eigenvalue weighted by atomic mass is 16.6. The molecular weight excluding hydrogens is 360 g/mol. The Hall–Kier alpha value is -2.48. The van der Waals surface area contributed by atoms with Gasteiger partial charge in [0.2, 0.25) is 5.91 Å². The normalized spacial score (nSPS) is 23.5. The first-order valence-electron chi connectivity index (χ1n) is 9.87. The van der Waals surface area contributed by atoms with Crippen LogP contribution in [-0.4, -0.2) is 77.3 Å². The molecule has 1 aromatic carbocycles. The van der Waals surface area contributed by atoms with E-state index >= 15 is 0 Å². The maximum Gasteiger partial charge on any atom is 0.270 e. The molecule has 0 bridgehead atoms. The summed E-state index contributed by atoms with van der Waals surface area (Å²) in [6.45, 7) is 8.71. The minimum Gasteiger partial charge on any atom is -0.341 e. The lowest BCUT2D eigenvalue weighted by atomic mass is 9.92. The fourth-order valence-corrected chi connectivity index (χ4v) is 4.20. The maximum atomic E-state index is 12.6. The summed E-state index contributed by atoms with van der Waals surface area (Å²) in [4.78, 5) is 41.4. The van der Waals surface area contributed by atoms with Crippen molar-refractivity contribution in [2.75, 3.05) is 45.8 Å². The molecule has 0 aliphatic carbocycles. The molecule has 2 aliphatic rings. The Morgan fingerprint density at radius 1 is 1.07 bits per heavy atom. The van der Waals surface area contributed by atoms with Crippen molar-refractivity contribution in [2.45, 2.75) is 20.3 Å². The van der Waals surface area contributed by atoms with Crippen LogP contribution in [0.4, 0.5) is 5.69 Å². The van der Waals surface area contributed by atoms with Crippen molar-refractivity contribution in [2.24, 2.45) is 11.8 Å². The molecular formula is C20H28N4O4. The predicted octanol–water partition coefficient (Wildman–Crippen LogP) is 1.86. The Labute approximate surface area is 165 Å². The molecule has 2 saturated heterocycles. The number of nitro benzene ring substituents is 1. The number of piperazine rings is 1. The maximum absolute atomic E-state index is 12.6. The summed E-state index contributed by atoms with van der Waals surface area (Å²) in [5, 5.41) is 10.9. The van der Waals surface area contributed by atoms with E-state index in [1.165, 1.54) is 24.6 Å². The molecule has 0 N–H and O–H groups in total. The van der Waals surface area contributed by atoms with Crippen LogP contribution in [0.15, 0.2) is 24.3 Å². The second-order valence-electron chi connectivity index (χ2n) is 8.12. The van der Waals surface area contributed by atoms with Crippen molar-refractivity contribution in [1.82, 2.24) is 14.7 Å². The van der Waals surface area contributed by atoms with Crippen molar-refractivity contribution < 1.29 is 14.5 Å². The van der Waals surface area contributed by atoms with E-state index in [-0.39, 0.29) is 17.5 Å². The molecule has 2 aliphatic heterocycles. The SMILES string of the molecule is CC1CC(C)CN(C(=O)CN2CCN(C(=O)c3cccc([N+](=O)[O-])c3)CC2)C1. The number of rotatable bonds is 4. The van der Waals surface area contributed by atoms with Crippen LogP contribution in [0.2, 0.25) is 0 Å². The van der Waals surface area contributed by atoms with Crippen molar-refractivity contribution in [1.29, 1.82) is 0 Å². The minimum absolute atomic E-state index is 0.0833. The highest BCUT2D eigenvalue weighted by Crippen LogP contribution is 2.21. The highest BCUT2D eigenvalue weighted by molar-refractivity contribution is 5.95. The van der Waals surface area contributed by atoms with Gasteiger partial charge >= 0.3 is 0 Å². The van der Waals surface area contributed by atoms with E-state index in [1.807, 2.05) is 4.90 Å². The van der Waals surface area contributed by atoms with Crippen LogP contribution in [0, 0.1) is 22.0 Å². The molecule has 1 aromatic rings. The summed E-state index contributed by atoms with van der Waals surface area (Å²) in [5.41, 5.74) is 0.245. The number of amides is 2. The van der Waals surface area contributed by atoms with Gasteiger partial charge < -0.3 is 9.80 Å². The molecule has 8 heteroatoms. The Kier molecular flexibility index (Phi) is 6.28. The van der Waals surface area contributed by atoms with E-state index in [4.69, 9.17) is 0 Å². The van der Waals surface area contributed by atoms with Gasteiger partial charge in [-0.1, -0.05) is 19.9 Å².